The number of aromatic carboxylic acids is 1. The number of aromatic amines is 1. The van der Waals surface area contributed by atoms with E-state index in [4.69, 9.17) is 0 Å². The lowest BCUT2D eigenvalue weighted by Crippen LogP contribution is -2.23. The molecule has 1 aromatic heterocycles. The minimum Gasteiger partial charge on any atom is -0.478 e. The summed E-state index contributed by atoms with van der Waals surface area (Å²) in [6.45, 7) is 8.12. The zero-order valence-electron chi connectivity index (χ0n) is 20.1. The van der Waals surface area contributed by atoms with E-state index in [1.165, 1.54) is 24.3 Å². The van der Waals surface area contributed by atoms with Gasteiger partial charge in [-0.3, -0.25) is 4.90 Å². The molecule has 0 amide bonds. The normalized spacial score (nSPS) is 11.6. The third-order valence-electron chi connectivity index (χ3n) is 6.10. The van der Waals surface area contributed by atoms with E-state index in [1.54, 1.807) is 19.1 Å². The number of aromatic nitrogens is 2. The number of carboxylic acid groups (broad SMARTS) is 1. The molecule has 4 aromatic rings. The smallest absolute Gasteiger partial charge is 0.337 e. The van der Waals surface area contributed by atoms with Crippen molar-refractivity contribution in [2.24, 2.45) is 0 Å². The third-order valence-corrected chi connectivity index (χ3v) is 6.10. The quantitative estimate of drug-likeness (QED) is 0.209. The molecule has 0 aliphatic heterocycles. The highest BCUT2D eigenvalue weighted by Crippen LogP contribution is 2.37. The highest BCUT2D eigenvalue weighted by molar-refractivity contribution is 6.02. The van der Waals surface area contributed by atoms with Crippen molar-refractivity contribution >= 4 is 17.0 Å². The summed E-state index contributed by atoms with van der Waals surface area (Å²) in [5, 5.41) is 9.43. The maximum atomic E-state index is 15.2. The van der Waals surface area contributed by atoms with E-state index in [9.17, 15) is 9.90 Å². The molecule has 1 heterocycles. The first kappa shape index (κ1) is 25.4. The van der Waals surface area contributed by atoms with Crippen molar-refractivity contribution in [1.82, 2.24) is 14.9 Å². The van der Waals surface area contributed by atoms with E-state index in [1.807, 2.05) is 6.92 Å². The minimum absolute atomic E-state index is 0.00923. The number of carboxylic acids is 1. The van der Waals surface area contributed by atoms with Gasteiger partial charge in [0, 0.05) is 6.54 Å². The van der Waals surface area contributed by atoms with Gasteiger partial charge in [0.05, 0.1) is 22.2 Å². The van der Waals surface area contributed by atoms with Gasteiger partial charge in [0.15, 0.2) is 23.3 Å². The molecule has 0 saturated carbocycles. The summed E-state index contributed by atoms with van der Waals surface area (Å²) in [6.07, 6.45) is 0.982. The van der Waals surface area contributed by atoms with Crippen LogP contribution in [0.4, 0.5) is 17.6 Å². The van der Waals surface area contributed by atoms with Crippen LogP contribution in [-0.4, -0.2) is 39.0 Å². The molecule has 188 valence electrons. The van der Waals surface area contributed by atoms with Gasteiger partial charge in [0.2, 0.25) is 0 Å². The van der Waals surface area contributed by atoms with Gasteiger partial charge in [0.25, 0.3) is 0 Å². The number of benzene rings is 3. The van der Waals surface area contributed by atoms with Crippen molar-refractivity contribution in [3.05, 3.63) is 76.4 Å². The Morgan fingerprint density at radius 2 is 1.58 bits per heavy atom. The van der Waals surface area contributed by atoms with Gasteiger partial charge in [-0.05, 0) is 55.3 Å². The second-order valence-electron chi connectivity index (χ2n) is 8.67. The third kappa shape index (κ3) is 4.58. The van der Waals surface area contributed by atoms with E-state index < -0.39 is 46.2 Å². The Labute approximate surface area is 205 Å². The molecule has 5 nitrogen and oxygen atoms in total. The van der Waals surface area contributed by atoms with E-state index in [0.717, 1.165) is 25.1 Å². The lowest BCUT2D eigenvalue weighted by Gasteiger charge is -2.19. The van der Waals surface area contributed by atoms with Crippen LogP contribution >= 0.6 is 0 Å². The van der Waals surface area contributed by atoms with Gasteiger partial charge < -0.3 is 10.1 Å². The van der Waals surface area contributed by atoms with E-state index in [-0.39, 0.29) is 22.2 Å². The van der Waals surface area contributed by atoms with Crippen molar-refractivity contribution < 1.29 is 27.5 Å². The number of nitrogens with one attached hydrogen (secondary N) is 1. The Kier molecular flexibility index (Phi) is 7.12. The van der Waals surface area contributed by atoms with Crippen molar-refractivity contribution in [3.63, 3.8) is 0 Å². The zero-order valence-corrected chi connectivity index (χ0v) is 20.1. The second-order valence-corrected chi connectivity index (χ2v) is 8.67. The summed E-state index contributed by atoms with van der Waals surface area (Å²) < 4.78 is 60.6. The summed E-state index contributed by atoms with van der Waals surface area (Å²) in [7, 11) is 0. The Bertz CT molecular complexity index is 1420. The number of fused-ring (bicyclic) bond motifs is 1. The summed E-state index contributed by atoms with van der Waals surface area (Å²) in [6, 6.07) is 9.07. The molecule has 0 unspecified atom stereocenters. The van der Waals surface area contributed by atoms with Gasteiger partial charge in [-0.15, -0.1) is 0 Å². The van der Waals surface area contributed by atoms with Gasteiger partial charge in [-0.2, -0.15) is 0 Å². The molecule has 0 fully saturated rings. The standard InChI is InChI=1S/C27H25F4N3O2/c1-4-10-34(5-2)13-15-6-8-16(9-7-15)19-21(28)23(30)20(24(31)22(19)29)26-32-18-12-14(3)11-17(27(35)36)25(18)33-26/h6-9,11-12H,4-5,10,13H2,1-3H3,(H,32,33)(H,35,36). The molecule has 0 saturated heterocycles. The summed E-state index contributed by atoms with van der Waals surface area (Å²) in [5.41, 5.74) is -0.509. The van der Waals surface area contributed by atoms with Gasteiger partial charge >= 0.3 is 5.97 Å². The van der Waals surface area contributed by atoms with Crippen LogP contribution in [0.2, 0.25) is 0 Å². The fourth-order valence-electron chi connectivity index (χ4n) is 4.34. The van der Waals surface area contributed by atoms with Gasteiger partial charge in [-0.1, -0.05) is 38.1 Å². The molecule has 0 aliphatic rings. The number of aryl methyl sites for hydroxylation is 1. The van der Waals surface area contributed by atoms with E-state index in [2.05, 4.69) is 21.8 Å². The van der Waals surface area contributed by atoms with Crippen LogP contribution in [0.1, 0.15) is 41.8 Å². The highest BCUT2D eigenvalue weighted by Gasteiger charge is 2.29. The molecule has 2 N–H and O–H groups in total. The Morgan fingerprint density at radius 1 is 0.972 bits per heavy atom. The predicted molar refractivity (Wildman–Crippen MR) is 130 cm³/mol. The molecule has 0 spiro atoms. The molecular formula is C27H25F4N3O2. The fraction of sp³-hybridized carbons (Fsp3) is 0.259. The monoisotopic (exact) mass is 499 g/mol. The number of carbonyl (C=O) groups is 1. The Balaban J connectivity index is 1.78. The maximum Gasteiger partial charge on any atom is 0.337 e. The number of hydrogen-bond acceptors (Lipinski definition) is 3. The summed E-state index contributed by atoms with van der Waals surface area (Å²) in [4.78, 5) is 20.3. The SMILES string of the molecule is CCCN(CC)Cc1ccc(-c2c(F)c(F)c(-c3nc4c(C(=O)O)cc(C)cc4[nH]3)c(F)c2F)cc1. The van der Waals surface area contributed by atoms with E-state index >= 15 is 17.6 Å². The predicted octanol–water partition coefficient (Wildman–Crippen LogP) is 6.69. The molecule has 9 heteroatoms. The number of imidazole rings is 1. The van der Waals surface area contributed by atoms with Crippen molar-refractivity contribution in [3.8, 4) is 22.5 Å². The first-order chi connectivity index (χ1) is 17.2. The Hall–Kier alpha value is -3.72. The zero-order chi connectivity index (χ0) is 26.1. The van der Waals surface area contributed by atoms with Crippen LogP contribution in [-0.2, 0) is 6.54 Å². The maximum absolute atomic E-state index is 15.2. The molecule has 3 aromatic carbocycles. The number of nitrogens with zero attached hydrogens (tertiary/aromatic N) is 2. The van der Waals surface area contributed by atoms with E-state index in [0.29, 0.717) is 12.1 Å². The largest absolute Gasteiger partial charge is 0.478 e. The molecule has 0 bridgehead atoms. The van der Waals surface area contributed by atoms with Crippen LogP contribution in [0.5, 0.6) is 0 Å². The topological polar surface area (TPSA) is 69.2 Å². The van der Waals surface area contributed by atoms with Crippen LogP contribution < -0.4 is 0 Å². The summed E-state index contributed by atoms with van der Waals surface area (Å²) >= 11 is 0. The van der Waals surface area contributed by atoms with Gasteiger partial charge in [0.1, 0.15) is 11.3 Å². The first-order valence-corrected chi connectivity index (χ1v) is 11.6. The fourth-order valence-corrected chi connectivity index (χ4v) is 4.34. The lowest BCUT2D eigenvalue weighted by atomic mass is 9.99. The lowest BCUT2D eigenvalue weighted by molar-refractivity contribution is 0.0698. The van der Waals surface area contributed by atoms with Crippen LogP contribution in [0.3, 0.4) is 0 Å². The van der Waals surface area contributed by atoms with Crippen molar-refractivity contribution in [1.29, 1.82) is 0 Å². The second kappa shape index (κ2) is 10.1. The molecule has 36 heavy (non-hydrogen) atoms. The molecule has 0 atom stereocenters. The summed E-state index contributed by atoms with van der Waals surface area (Å²) in [5.74, 6) is -8.18. The molecule has 4 rings (SSSR count). The van der Waals surface area contributed by atoms with Crippen molar-refractivity contribution in [2.45, 2.75) is 33.7 Å². The number of H-pyrrole nitrogens is 1. The molecular weight excluding hydrogens is 474 g/mol. The average Bonchev–Trinajstić information content (AvgIpc) is 3.26. The highest BCUT2D eigenvalue weighted by atomic mass is 19.2. The van der Waals surface area contributed by atoms with Crippen molar-refractivity contribution in [2.75, 3.05) is 13.1 Å². The Morgan fingerprint density at radius 3 is 2.14 bits per heavy atom. The van der Waals surface area contributed by atoms with Crippen LogP contribution in [0, 0.1) is 30.2 Å². The molecule has 0 radical (unpaired) electrons. The van der Waals surface area contributed by atoms with Gasteiger partial charge in [-0.25, -0.2) is 27.3 Å². The number of rotatable bonds is 8. The van der Waals surface area contributed by atoms with Crippen LogP contribution in [0.25, 0.3) is 33.5 Å². The number of hydrogen-bond donors (Lipinski definition) is 2. The first-order valence-electron chi connectivity index (χ1n) is 11.6. The molecule has 0 aliphatic carbocycles. The number of halogens is 4. The minimum atomic E-state index is -1.62. The average molecular weight is 500 g/mol. The van der Waals surface area contributed by atoms with Crippen LogP contribution in [0.15, 0.2) is 36.4 Å².